The lowest BCUT2D eigenvalue weighted by Gasteiger charge is -2.10. The minimum Gasteiger partial charge on any atom is -0.199 e. The van der Waals surface area contributed by atoms with E-state index in [0.717, 1.165) is 39.2 Å². The van der Waals surface area contributed by atoms with Crippen LogP contribution in [0.5, 0.6) is 0 Å². The Morgan fingerprint density at radius 3 is 2.33 bits per heavy atom. The van der Waals surface area contributed by atoms with Gasteiger partial charge in [-0.25, -0.2) is 0 Å². The van der Waals surface area contributed by atoms with Crippen molar-refractivity contribution in [3.05, 3.63) is 89.6 Å². The number of hydrogen-bond acceptors (Lipinski definition) is 2. The number of pyridine rings is 1. The quantitative estimate of drug-likeness (QED) is 0.518. The third kappa shape index (κ3) is 2.84. The second kappa shape index (κ2) is 6.62. The van der Waals surface area contributed by atoms with Gasteiger partial charge in [0.15, 0.2) is 17.4 Å². The summed E-state index contributed by atoms with van der Waals surface area (Å²) in [5.74, 6) is 0. The summed E-state index contributed by atoms with van der Waals surface area (Å²) in [6.45, 7) is 6.24. The highest BCUT2D eigenvalue weighted by Crippen LogP contribution is 2.20. The highest BCUT2D eigenvalue weighted by atomic mass is 15.0. The molecule has 4 nitrogen and oxygen atoms in total. The molecule has 4 aromatic rings. The van der Waals surface area contributed by atoms with Gasteiger partial charge in [0, 0.05) is 31.2 Å². The molecule has 0 aliphatic carbocycles. The zero-order valence-electron chi connectivity index (χ0n) is 15.6. The Hall–Kier alpha value is -3.58. The summed E-state index contributed by atoms with van der Waals surface area (Å²) in [5, 5.41) is 10.7. The highest BCUT2D eigenvalue weighted by Gasteiger charge is 2.22. The Morgan fingerprint density at radius 1 is 0.889 bits per heavy atom. The van der Waals surface area contributed by atoms with E-state index in [4.69, 9.17) is 0 Å². The minimum absolute atomic E-state index is 0.626. The SMILES string of the molecule is Cc1c(-[n+]2ccccc2C)cc(C#N)cc1-[n+]1cnc2ccccc2c1C. The van der Waals surface area contributed by atoms with E-state index in [9.17, 15) is 5.26 Å². The third-order valence-corrected chi connectivity index (χ3v) is 5.03. The lowest BCUT2D eigenvalue weighted by Crippen LogP contribution is -2.39. The first-order valence-corrected chi connectivity index (χ1v) is 8.89. The molecule has 0 saturated heterocycles. The van der Waals surface area contributed by atoms with Crippen molar-refractivity contribution in [2.75, 3.05) is 0 Å². The number of hydrogen-bond donors (Lipinski definition) is 0. The van der Waals surface area contributed by atoms with Crippen LogP contribution in [-0.2, 0) is 0 Å². The highest BCUT2D eigenvalue weighted by molar-refractivity contribution is 5.79. The molecule has 0 saturated carbocycles. The van der Waals surface area contributed by atoms with Gasteiger partial charge in [-0.05, 0) is 31.0 Å². The Balaban J connectivity index is 2.03. The lowest BCUT2D eigenvalue weighted by atomic mass is 10.1. The molecule has 4 heteroatoms. The molecule has 2 aromatic heterocycles. The van der Waals surface area contributed by atoms with Crippen LogP contribution in [0.3, 0.4) is 0 Å². The average Bonchev–Trinajstić information content (AvgIpc) is 2.70. The number of rotatable bonds is 2. The summed E-state index contributed by atoms with van der Waals surface area (Å²) in [4.78, 5) is 4.61. The molecular weight excluding hydrogens is 332 g/mol. The molecule has 4 rings (SSSR count). The van der Waals surface area contributed by atoms with Gasteiger partial charge in [-0.15, -0.1) is 0 Å². The number of para-hydroxylation sites is 1. The largest absolute Gasteiger partial charge is 0.292 e. The zero-order valence-corrected chi connectivity index (χ0v) is 15.6. The van der Waals surface area contributed by atoms with Gasteiger partial charge in [-0.3, -0.25) is 0 Å². The molecule has 0 aliphatic rings. The fraction of sp³-hybridized carbons (Fsp3) is 0.130. The van der Waals surface area contributed by atoms with Crippen LogP contribution in [0.15, 0.2) is 67.1 Å². The van der Waals surface area contributed by atoms with Crippen molar-refractivity contribution in [1.29, 1.82) is 5.26 Å². The van der Waals surface area contributed by atoms with E-state index >= 15 is 0 Å². The minimum atomic E-state index is 0.626. The first-order chi connectivity index (χ1) is 13.1. The van der Waals surface area contributed by atoms with Crippen LogP contribution < -0.4 is 9.13 Å². The molecule has 0 N–H and O–H groups in total. The molecule has 0 radical (unpaired) electrons. The maximum absolute atomic E-state index is 9.60. The van der Waals surface area contributed by atoms with E-state index < -0.39 is 0 Å². The van der Waals surface area contributed by atoms with Crippen LogP contribution in [-0.4, -0.2) is 4.98 Å². The fourth-order valence-corrected chi connectivity index (χ4v) is 3.52. The van der Waals surface area contributed by atoms with Gasteiger partial charge in [-0.2, -0.15) is 14.4 Å². The number of nitriles is 1. The van der Waals surface area contributed by atoms with E-state index in [0.29, 0.717) is 5.56 Å². The average molecular weight is 352 g/mol. The van der Waals surface area contributed by atoms with Gasteiger partial charge < -0.3 is 0 Å². The third-order valence-electron chi connectivity index (χ3n) is 5.03. The van der Waals surface area contributed by atoms with Gasteiger partial charge in [-0.1, -0.05) is 18.2 Å². The summed E-state index contributed by atoms with van der Waals surface area (Å²) >= 11 is 0. The van der Waals surface area contributed by atoms with E-state index in [-0.39, 0.29) is 0 Å². The van der Waals surface area contributed by atoms with Crippen molar-refractivity contribution in [2.24, 2.45) is 0 Å². The summed E-state index contributed by atoms with van der Waals surface area (Å²) in [6.07, 6.45) is 3.87. The standard InChI is InChI=1S/C23H20N4/c1-16-8-6-7-11-26(16)22-12-19(14-24)13-23(17(22)2)27-15-25-21-10-5-4-9-20(21)18(27)3/h4-13,15H,1-3H3/q+2. The van der Waals surface area contributed by atoms with Crippen LogP contribution in [0.4, 0.5) is 0 Å². The van der Waals surface area contributed by atoms with Crippen LogP contribution in [0.25, 0.3) is 22.3 Å². The van der Waals surface area contributed by atoms with Gasteiger partial charge in [0.2, 0.25) is 5.69 Å². The van der Waals surface area contributed by atoms with E-state index in [1.54, 1.807) is 0 Å². The molecule has 0 fully saturated rings. The van der Waals surface area contributed by atoms with Crippen molar-refractivity contribution >= 4 is 10.9 Å². The van der Waals surface area contributed by atoms with Gasteiger partial charge >= 0.3 is 0 Å². The Labute approximate surface area is 158 Å². The number of nitrogens with zero attached hydrogens (tertiary/aromatic N) is 4. The van der Waals surface area contributed by atoms with Crippen LogP contribution in [0, 0.1) is 32.1 Å². The second-order valence-corrected chi connectivity index (χ2v) is 6.68. The molecule has 0 aliphatic heterocycles. The van der Waals surface area contributed by atoms with Crippen molar-refractivity contribution in [2.45, 2.75) is 20.8 Å². The van der Waals surface area contributed by atoms with Gasteiger partial charge in [0.05, 0.1) is 22.6 Å². The van der Waals surface area contributed by atoms with E-state index in [1.807, 2.05) is 55.0 Å². The van der Waals surface area contributed by atoms with Crippen molar-refractivity contribution < 1.29 is 9.13 Å². The van der Waals surface area contributed by atoms with Crippen molar-refractivity contribution in [1.82, 2.24) is 4.98 Å². The summed E-state index contributed by atoms with van der Waals surface area (Å²) in [6, 6.07) is 20.4. The Kier molecular flexibility index (Phi) is 4.13. The first-order valence-electron chi connectivity index (χ1n) is 8.89. The molecule has 0 bridgehead atoms. The van der Waals surface area contributed by atoms with Crippen molar-refractivity contribution in [3.8, 4) is 17.4 Å². The topological polar surface area (TPSA) is 44.4 Å². The molecule has 0 unspecified atom stereocenters. The first kappa shape index (κ1) is 16.9. The number of benzene rings is 2. The fourth-order valence-electron chi connectivity index (χ4n) is 3.52. The predicted molar refractivity (Wildman–Crippen MR) is 104 cm³/mol. The maximum atomic E-state index is 9.60. The Bertz CT molecular complexity index is 1220. The summed E-state index contributed by atoms with van der Waals surface area (Å²) in [7, 11) is 0. The van der Waals surface area contributed by atoms with E-state index in [2.05, 4.69) is 53.1 Å². The molecule has 2 heterocycles. The molecule has 0 spiro atoms. The van der Waals surface area contributed by atoms with Gasteiger partial charge in [0.1, 0.15) is 11.4 Å². The Morgan fingerprint density at radius 2 is 1.59 bits per heavy atom. The number of aromatic nitrogens is 3. The zero-order chi connectivity index (χ0) is 19.0. The molecular formula is C23H20N4+2. The molecule has 0 amide bonds. The lowest BCUT2D eigenvalue weighted by molar-refractivity contribution is -0.612. The molecule has 130 valence electrons. The normalized spacial score (nSPS) is 10.7. The molecule has 0 atom stereocenters. The number of aryl methyl sites for hydroxylation is 2. The predicted octanol–water partition coefficient (Wildman–Crippen LogP) is 3.59. The van der Waals surface area contributed by atoms with Crippen molar-refractivity contribution in [3.63, 3.8) is 0 Å². The summed E-state index contributed by atoms with van der Waals surface area (Å²) in [5.41, 5.74) is 6.87. The molecule has 2 aromatic carbocycles. The molecule has 27 heavy (non-hydrogen) atoms. The van der Waals surface area contributed by atoms with Gasteiger partial charge in [0.25, 0.3) is 6.33 Å². The maximum Gasteiger partial charge on any atom is 0.292 e. The smallest absolute Gasteiger partial charge is 0.199 e. The van der Waals surface area contributed by atoms with Crippen LogP contribution >= 0.6 is 0 Å². The monoisotopic (exact) mass is 352 g/mol. The van der Waals surface area contributed by atoms with Crippen LogP contribution in [0.1, 0.15) is 22.5 Å². The summed E-state index contributed by atoms with van der Waals surface area (Å²) < 4.78 is 4.19. The van der Waals surface area contributed by atoms with Crippen LogP contribution in [0.2, 0.25) is 0 Å². The number of fused-ring (bicyclic) bond motifs is 1. The van der Waals surface area contributed by atoms with E-state index in [1.165, 1.54) is 0 Å². The second-order valence-electron chi connectivity index (χ2n) is 6.68.